The molecule has 0 fully saturated rings. The second kappa shape index (κ2) is 7.51. The highest BCUT2D eigenvalue weighted by Crippen LogP contribution is 2.31. The van der Waals surface area contributed by atoms with Crippen molar-refractivity contribution in [2.24, 2.45) is 0 Å². The van der Waals surface area contributed by atoms with E-state index in [4.69, 9.17) is 0 Å². The van der Waals surface area contributed by atoms with E-state index < -0.39 is 0 Å². The van der Waals surface area contributed by atoms with Crippen LogP contribution in [0.2, 0.25) is 0 Å². The van der Waals surface area contributed by atoms with Crippen LogP contribution in [0.3, 0.4) is 0 Å². The maximum absolute atomic E-state index is 3.52. The predicted octanol–water partition coefficient (Wildman–Crippen LogP) is 5.21. The molecule has 0 spiro atoms. The van der Waals surface area contributed by atoms with Crippen LogP contribution in [-0.2, 0) is 0 Å². The number of nitrogens with one attached hydrogen (secondary N) is 1. The van der Waals surface area contributed by atoms with Crippen molar-refractivity contribution in [2.75, 3.05) is 6.54 Å². The summed E-state index contributed by atoms with van der Waals surface area (Å²) in [6.45, 7) is 7.56. The first-order valence-corrected chi connectivity index (χ1v) is 8.13. The van der Waals surface area contributed by atoms with Crippen LogP contribution in [0.15, 0.2) is 58.3 Å². The van der Waals surface area contributed by atoms with Crippen molar-refractivity contribution in [2.45, 2.75) is 43.0 Å². The molecule has 2 rings (SSSR count). The Hall–Kier alpha value is -1.25. The molecule has 0 radical (unpaired) electrons. The lowest BCUT2D eigenvalue weighted by Crippen LogP contribution is -2.19. The Balaban J connectivity index is 2.10. The Bertz CT molecular complexity index is 533. The molecule has 1 nitrogen and oxygen atoms in total. The Morgan fingerprint density at radius 3 is 2.30 bits per heavy atom. The third kappa shape index (κ3) is 3.87. The Morgan fingerprint density at radius 2 is 1.70 bits per heavy atom. The minimum atomic E-state index is 0.470. The highest BCUT2D eigenvalue weighted by Gasteiger charge is 2.07. The lowest BCUT2D eigenvalue weighted by molar-refractivity contribution is 0.537. The molecule has 0 aliphatic rings. The molecule has 1 unspecified atom stereocenters. The summed E-state index contributed by atoms with van der Waals surface area (Å²) in [5.41, 5.74) is 2.71. The minimum Gasteiger partial charge on any atom is -0.310 e. The molecule has 1 N–H and O–H groups in total. The first kappa shape index (κ1) is 15.1. The maximum atomic E-state index is 3.52. The number of aryl methyl sites for hydroxylation is 1. The van der Waals surface area contributed by atoms with E-state index in [0.717, 1.165) is 13.0 Å². The van der Waals surface area contributed by atoms with Crippen molar-refractivity contribution in [3.8, 4) is 0 Å². The van der Waals surface area contributed by atoms with E-state index in [0.29, 0.717) is 6.04 Å². The van der Waals surface area contributed by atoms with Gasteiger partial charge in [0.2, 0.25) is 0 Å². The fraction of sp³-hybridized carbons (Fsp3) is 0.333. The Kier molecular flexibility index (Phi) is 5.69. The van der Waals surface area contributed by atoms with Gasteiger partial charge in [-0.15, -0.1) is 0 Å². The number of rotatable bonds is 6. The van der Waals surface area contributed by atoms with Crippen molar-refractivity contribution in [3.63, 3.8) is 0 Å². The average molecular weight is 285 g/mol. The molecule has 2 aromatic carbocycles. The third-order valence-corrected chi connectivity index (χ3v) is 4.65. The third-order valence-electron chi connectivity index (χ3n) is 3.46. The average Bonchev–Trinajstić information content (AvgIpc) is 2.48. The lowest BCUT2D eigenvalue weighted by Gasteiger charge is -2.16. The van der Waals surface area contributed by atoms with Gasteiger partial charge in [0.25, 0.3) is 0 Å². The van der Waals surface area contributed by atoms with E-state index in [2.05, 4.69) is 74.6 Å². The van der Waals surface area contributed by atoms with Gasteiger partial charge in [-0.2, -0.15) is 0 Å². The molecular formula is C18H23NS. The second-order valence-corrected chi connectivity index (χ2v) is 6.07. The van der Waals surface area contributed by atoms with Gasteiger partial charge in [0.1, 0.15) is 0 Å². The molecule has 0 saturated carbocycles. The molecule has 0 aliphatic heterocycles. The summed E-state index contributed by atoms with van der Waals surface area (Å²) in [6.07, 6.45) is 1.12. The van der Waals surface area contributed by atoms with Crippen LogP contribution >= 0.6 is 11.8 Å². The summed E-state index contributed by atoms with van der Waals surface area (Å²) in [5.74, 6) is 0. The van der Waals surface area contributed by atoms with Crippen molar-refractivity contribution in [1.82, 2.24) is 5.32 Å². The molecule has 2 heteroatoms. The number of hydrogen-bond acceptors (Lipinski definition) is 2. The van der Waals surface area contributed by atoms with Gasteiger partial charge in [0, 0.05) is 15.8 Å². The van der Waals surface area contributed by atoms with Crippen LogP contribution in [0.4, 0.5) is 0 Å². The molecule has 2 aromatic rings. The minimum absolute atomic E-state index is 0.470. The standard InChI is InChI=1S/C18H23NS/c1-4-17(19-5-2)15-10-12-16(13-11-15)20-18-9-7-6-8-14(18)3/h6-13,17,19H,4-5H2,1-3H3. The first-order valence-electron chi connectivity index (χ1n) is 7.31. The zero-order valence-electron chi connectivity index (χ0n) is 12.5. The van der Waals surface area contributed by atoms with Gasteiger partial charge in [-0.25, -0.2) is 0 Å². The molecule has 0 amide bonds. The Morgan fingerprint density at radius 1 is 1.00 bits per heavy atom. The zero-order valence-corrected chi connectivity index (χ0v) is 13.3. The second-order valence-electron chi connectivity index (χ2n) is 4.96. The SMILES string of the molecule is CCNC(CC)c1ccc(Sc2ccccc2C)cc1. The van der Waals surface area contributed by atoms with Gasteiger partial charge in [0.05, 0.1) is 0 Å². The monoisotopic (exact) mass is 285 g/mol. The molecule has 0 aromatic heterocycles. The number of hydrogen-bond donors (Lipinski definition) is 1. The number of benzene rings is 2. The maximum Gasteiger partial charge on any atom is 0.0317 e. The van der Waals surface area contributed by atoms with Crippen LogP contribution in [0, 0.1) is 6.92 Å². The summed E-state index contributed by atoms with van der Waals surface area (Å²) in [6, 6.07) is 18.0. The van der Waals surface area contributed by atoms with E-state index in [9.17, 15) is 0 Å². The molecule has 1 atom stereocenters. The van der Waals surface area contributed by atoms with E-state index in [1.165, 1.54) is 20.9 Å². The fourth-order valence-corrected chi connectivity index (χ4v) is 3.21. The predicted molar refractivity (Wildman–Crippen MR) is 88.5 cm³/mol. The van der Waals surface area contributed by atoms with Gasteiger partial charge in [-0.05, 0) is 49.2 Å². The normalized spacial score (nSPS) is 12.3. The summed E-state index contributed by atoms with van der Waals surface area (Å²) < 4.78 is 0. The fourth-order valence-electron chi connectivity index (χ4n) is 2.31. The van der Waals surface area contributed by atoms with Crippen LogP contribution in [-0.4, -0.2) is 6.54 Å². The zero-order chi connectivity index (χ0) is 14.4. The molecule has 0 saturated heterocycles. The molecule has 0 aliphatic carbocycles. The van der Waals surface area contributed by atoms with Gasteiger partial charge in [0.15, 0.2) is 0 Å². The summed E-state index contributed by atoms with van der Waals surface area (Å²) >= 11 is 1.84. The molecule has 0 heterocycles. The van der Waals surface area contributed by atoms with E-state index >= 15 is 0 Å². The summed E-state index contributed by atoms with van der Waals surface area (Å²) in [4.78, 5) is 2.63. The van der Waals surface area contributed by atoms with Crippen LogP contribution < -0.4 is 5.32 Å². The van der Waals surface area contributed by atoms with Crippen molar-refractivity contribution < 1.29 is 0 Å². The molecule has 0 bridgehead atoms. The highest BCUT2D eigenvalue weighted by atomic mass is 32.2. The summed E-state index contributed by atoms with van der Waals surface area (Å²) in [5, 5.41) is 3.52. The van der Waals surface area contributed by atoms with E-state index in [1.807, 2.05) is 11.8 Å². The van der Waals surface area contributed by atoms with Gasteiger partial charge >= 0.3 is 0 Å². The van der Waals surface area contributed by atoms with Crippen LogP contribution in [0.1, 0.15) is 37.4 Å². The first-order chi connectivity index (χ1) is 9.74. The van der Waals surface area contributed by atoms with Gasteiger partial charge in [-0.1, -0.05) is 55.9 Å². The van der Waals surface area contributed by atoms with E-state index in [1.54, 1.807) is 0 Å². The smallest absolute Gasteiger partial charge is 0.0317 e. The van der Waals surface area contributed by atoms with Gasteiger partial charge < -0.3 is 5.32 Å². The van der Waals surface area contributed by atoms with Crippen LogP contribution in [0.25, 0.3) is 0 Å². The summed E-state index contributed by atoms with van der Waals surface area (Å²) in [7, 11) is 0. The van der Waals surface area contributed by atoms with E-state index in [-0.39, 0.29) is 0 Å². The van der Waals surface area contributed by atoms with Crippen molar-refractivity contribution in [3.05, 3.63) is 59.7 Å². The van der Waals surface area contributed by atoms with Crippen molar-refractivity contribution in [1.29, 1.82) is 0 Å². The molecule has 20 heavy (non-hydrogen) atoms. The van der Waals surface area contributed by atoms with Crippen LogP contribution in [0.5, 0.6) is 0 Å². The highest BCUT2D eigenvalue weighted by molar-refractivity contribution is 7.99. The largest absolute Gasteiger partial charge is 0.310 e. The topological polar surface area (TPSA) is 12.0 Å². The van der Waals surface area contributed by atoms with Gasteiger partial charge in [-0.3, -0.25) is 0 Å². The molecule has 106 valence electrons. The Labute approximate surface area is 126 Å². The molecular weight excluding hydrogens is 262 g/mol. The quantitative estimate of drug-likeness (QED) is 0.782. The van der Waals surface area contributed by atoms with Crippen molar-refractivity contribution >= 4 is 11.8 Å². The lowest BCUT2D eigenvalue weighted by atomic mass is 10.1.